The topological polar surface area (TPSA) is 136 Å². The van der Waals surface area contributed by atoms with Gasteiger partial charge in [0, 0.05) is 33.7 Å². The third kappa shape index (κ3) is 8.78. The summed E-state index contributed by atoms with van der Waals surface area (Å²) >= 11 is 14.0. The molecule has 3 saturated heterocycles. The van der Waals surface area contributed by atoms with Gasteiger partial charge in [-0.15, -0.1) is 11.3 Å². The van der Waals surface area contributed by atoms with E-state index in [0.717, 1.165) is 50.1 Å². The highest BCUT2D eigenvalue weighted by molar-refractivity contribution is 7.14. The second kappa shape index (κ2) is 16.2. The number of pyridine rings is 1. The number of halogens is 4. The van der Waals surface area contributed by atoms with Gasteiger partial charge < -0.3 is 29.2 Å². The summed E-state index contributed by atoms with van der Waals surface area (Å²) in [5.41, 5.74) is 1.46. The molecule has 2 bridgehead atoms. The number of thiophene rings is 1. The highest BCUT2D eigenvalue weighted by atomic mass is 35.5. The van der Waals surface area contributed by atoms with Crippen molar-refractivity contribution in [1.29, 1.82) is 0 Å². The number of carboxylic acid groups (broad SMARTS) is 1. The van der Waals surface area contributed by atoms with Gasteiger partial charge >= 0.3 is 12.7 Å². The molecule has 2 aromatic carbocycles. The first kappa shape index (κ1) is 37.9. The number of ether oxygens (including phenoxy) is 3. The van der Waals surface area contributed by atoms with E-state index in [4.69, 9.17) is 37.4 Å². The summed E-state index contributed by atoms with van der Waals surface area (Å²) < 4.78 is 44.3. The third-order valence-corrected chi connectivity index (χ3v) is 11.9. The standard InChI is InChI=1S/C38H37Cl2F2N3O8S/c39-30-17-44(50)18-31(40)29(30)15-27(23-6-7-32(52-37(41)42)33(12-23)51-20-21-4-5-21)28-14-26(54-35(28)36(47)48)16-45(24-2-1-3-25(46)13-24)38(49)53-34-19-43-10-8-22(34)9-11-43/h1-3,6-7,12-14,17-18,21-22,27,34,37H,4-5,8-11,15-16,19-20H2,(H2-,46,47,48,50)/t27-,34-/m0/s1. The van der Waals surface area contributed by atoms with Crippen LogP contribution in [-0.2, 0) is 17.7 Å². The summed E-state index contributed by atoms with van der Waals surface area (Å²) in [4.78, 5) is 30.7. The number of phenolic OH excluding ortho intramolecular Hbond substituents is 1. The van der Waals surface area contributed by atoms with Crippen LogP contribution in [0.25, 0.3) is 0 Å². The molecule has 1 amide bonds. The molecule has 1 aliphatic carbocycles. The molecular weight excluding hydrogens is 767 g/mol. The van der Waals surface area contributed by atoms with Crippen LogP contribution in [0.2, 0.25) is 10.0 Å². The molecule has 2 atom stereocenters. The molecule has 5 heterocycles. The molecule has 0 unspecified atom stereocenters. The molecule has 3 aliphatic heterocycles. The lowest BCUT2D eigenvalue weighted by molar-refractivity contribution is -0.904. The predicted octanol–water partition coefficient (Wildman–Crippen LogP) is 6.65. The number of aromatic hydroxyl groups is 1. The fourth-order valence-corrected chi connectivity index (χ4v) is 8.81. The number of aromatic carboxylic acids is 1. The van der Waals surface area contributed by atoms with Gasteiger partial charge in [-0.05, 0) is 98.5 Å². The number of rotatable bonds is 14. The number of fused-ring (bicyclic) bond motifs is 3. The lowest BCUT2D eigenvalue weighted by atomic mass is 9.85. The van der Waals surface area contributed by atoms with E-state index in [1.165, 1.54) is 47.6 Å². The van der Waals surface area contributed by atoms with Gasteiger partial charge in [0.15, 0.2) is 11.5 Å². The summed E-state index contributed by atoms with van der Waals surface area (Å²) in [6.45, 7) is -0.411. The van der Waals surface area contributed by atoms with Gasteiger partial charge in [-0.3, -0.25) is 15.0 Å². The fourth-order valence-electron chi connectivity index (χ4n) is 7.16. The maximum atomic E-state index is 13.9. The number of nitrogens with zero attached hydrogens (tertiary/aromatic N) is 3. The molecule has 2 N–H and O–H groups in total. The second-order valence-corrected chi connectivity index (χ2v) is 15.8. The van der Waals surface area contributed by atoms with Crippen molar-refractivity contribution < 1.29 is 52.7 Å². The Hall–Kier alpha value is -4.37. The van der Waals surface area contributed by atoms with Gasteiger partial charge in [0.25, 0.3) is 0 Å². The number of anilines is 1. The Balaban J connectivity index is 1.28. The number of amides is 1. The smallest absolute Gasteiger partial charge is 0.414 e. The second-order valence-electron chi connectivity index (χ2n) is 13.9. The first-order valence-corrected chi connectivity index (χ1v) is 19.1. The van der Waals surface area contributed by atoms with E-state index >= 15 is 0 Å². The molecule has 0 radical (unpaired) electrons. The molecule has 2 aromatic heterocycles. The van der Waals surface area contributed by atoms with E-state index in [9.17, 15) is 33.8 Å². The zero-order valence-corrected chi connectivity index (χ0v) is 31.2. The number of hydrogen-bond acceptors (Lipinski definition) is 10. The van der Waals surface area contributed by atoms with Gasteiger partial charge in [-0.1, -0.05) is 35.3 Å². The first-order chi connectivity index (χ1) is 25.9. The normalized spacial score (nSPS) is 19.8. The minimum Gasteiger partial charge on any atom is -0.544 e. The van der Waals surface area contributed by atoms with E-state index < -0.39 is 24.6 Å². The highest BCUT2D eigenvalue weighted by Crippen LogP contribution is 2.42. The maximum absolute atomic E-state index is 13.9. The number of piperidine rings is 3. The van der Waals surface area contributed by atoms with Crippen LogP contribution in [0.3, 0.4) is 0 Å². The summed E-state index contributed by atoms with van der Waals surface area (Å²) in [5.74, 6) is -1.99. The number of benzene rings is 2. The Morgan fingerprint density at radius 3 is 2.41 bits per heavy atom. The molecule has 4 fully saturated rings. The molecule has 54 heavy (non-hydrogen) atoms. The molecule has 4 aromatic rings. The molecule has 8 rings (SSSR count). The Labute approximate surface area is 323 Å². The number of carbonyl (C=O) groups is 2. The average molecular weight is 805 g/mol. The van der Waals surface area contributed by atoms with E-state index in [1.807, 2.05) is 0 Å². The minimum atomic E-state index is -3.11. The van der Waals surface area contributed by atoms with Crippen LogP contribution in [0.4, 0.5) is 19.3 Å². The monoisotopic (exact) mass is 803 g/mol. The molecular formula is C38H37Cl2F2N3O8S. The van der Waals surface area contributed by atoms with Crippen molar-refractivity contribution >= 4 is 52.3 Å². The Morgan fingerprint density at radius 2 is 1.78 bits per heavy atom. The van der Waals surface area contributed by atoms with Gasteiger partial charge in [-0.25, -0.2) is 4.79 Å². The molecule has 11 nitrogen and oxygen atoms in total. The van der Waals surface area contributed by atoms with Crippen molar-refractivity contribution in [3.05, 3.63) is 97.4 Å². The van der Waals surface area contributed by atoms with Crippen molar-refractivity contribution in [2.75, 3.05) is 31.1 Å². The number of carbonyl (C=O) groups excluding carboxylic acids is 2. The van der Waals surface area contributed by atoms with Crippen LogP contribution in [0.5, 0.6) is 17.2 Å². The van der Waals surface area contributed by atoms with Crippen LogP contribution in [0, 0.1) is 11.8 Å². The van der Waals surface area contributed by atoms with Crippen LogP contribution in [0.15, 0.2) is 60.9 Å². The predicted molar refractivity (Wildman–Crippen MR) is 193 cm³/mol. The van der Waals surface area contributed by atoms with Gasteiger partial charge in [0.2, 0.25) is 12.4 Å². The van der Waals surface area contributed by atoms with E-state index in [0.29, 0.717) is 33.0 Å². The summed E-state index contributed by atoms with van der Waals surface area (Å²) in [5, 5.41) is 33.4. The number of alkyl halides is 2. The lowest BCUT2D eigenvalue weighted by Gasteiger charge is -2.44. The molecule has 0 spiro atoms. The van der Waals surface area contributed by atoms with Crippen LogP contribution in [0.1, 0.15) is 62.8 Å². The van der Waals surface area contributed by atoms with Crippen molar-refractivity contribution in [3.8, 4) is 17.2 Å². The van der Waals surface area contributed by atoms with Crippen molar-refractivity contribution in [3.63, 3.8) is 0 Å². The van der Waals surface area contributed by atoms with Gasteiger partial charge in [-0.2, -0.15) is 8.78 Å². The first-order valence-electron chi connectivity index (χ1n) is 17.5. The Kier molecular flexibility index (Phi) is 11.3. The molecule has 286 valence electrons. The van der Waals surface area contributed by atoms with Gasteiger partial charge in [0.1, 0.15) is 21.9 Å². The van der Waals surface area contributed by atoms with Crippen LogP contribution in [-0.4, -0.2) is 66.2 Å². The van der Waals surface area contributed by atoms with E-state index in [2.05, 4.69) is 4.90 Å². The average Bonchev–Trinajstić information content (AvgIpc) is 3.87. The van der Waals surface area contributed by atoms with Crippen molar-refractivity contribution in [1.82, 2.24) is 4.90 Å². The highest BCUT2D eigenvalue weighted by Gasteiger charge is 2.38. The van der Waals surface area contributed by atoms with E-state index in [1.54, 1.807) is 18.2 Å². The third-order valence-electron chi connectivity index (χ3n) is 10.1. The quantitative estimate of drug-likeness (QED) is 0.106. The largest absolute Gasteiger partial charge is 0.544 e. The fraction of sp³-hybridized carbons (Fsp3) is 0.395. The Morgan fingerprint density at radius 1 is 1.04 bits per heavy atom. The van der Waals surface area contributed by atoms with E-state index in [-0.39, 0.29) is 75.2 Å². The minimum absolute atomic E-state index is 0.00393. The maximum Gasteiger partial charge on any atom is 0.414 e. The molecule has 4 aliphatic rings. The van der Waals surface area contributed by atoms with Crippen molar-refractivity contribution in [2.24, 2.45) is 11.8 Å². The summed E-state index contributed by atoms with van der Waals surface area (Å²) in [6.07, 6.45) is 5.25. The lowest BCUT2D eigenvalue weighted by Crippen LogP contribution is -2.53. The zero-order chi connectivity index (χ0) is 38.1. The van der Waals surface area contributed by atoms with Crippen LogP contribution >= 0.6 is 34.5 Å². The molecule has 1 saturated carbocycles. The Bertz CT molecular complexity index is 2000. The number of carboxylic acids is 1. The zero-order valence-electron chi connectivity index (χ0n) is 28.8. The summed E-state index contributed by atoms with van der Waals surface area (Å²) in [7, 11) is 0. The number of phenols is 1. The number of aromatic nitrogens is 1. The van der Waals surface area contributed by atoms with Crippen LogP contribution < -0.4 is 24.2 Å². The summed E-state index contributed by atoms with van der Waals surface area (Å²) in [6, 6.07) is 12.2. The number of hydrogen-bond donors (Lipinski definition) is 2. The SMILES string of the molecule is O=C([O-])c1sc(CN(C(=O)O[C@H]2CN3CCC2CC3)c2cccc(O)c2)cc1[C@@H](Cc1c(Cl)c[n+](O)cc1Cl)c1ccc(OC(F)F)c(OCC2CC2)c1. The van der Waals surface area contributed by atoms with Crippen molar-refractivity contribution in [2.45, 2.75) is 57.3 Å². The van der Waals surface area contributed by atoms with Gasteiger partial charge in [0.05, 0.1) is 29.7 Å². The molecule has 16 heteroatoms.